The van der Waals surface area contributed by atoms with Gasteiger partial charge in [0.25, 0.3) is 0 Å². The maximum absolute atomic E-state index is 4.68. The number of aryl methyl sites for hydroxylation is 2. The summed E-state index contributed by atoms with van der Waals surface area (Å²) in [6.45, 7) is 6.30. The van der Waals surface area contributed by atoms with Crippen molar-refractivity contribution in [2.45, 2.75) is 52.0 Å². The number of benzene rings is 1. The molecular weight excluding hydrogens is 258 g/mol. The van der Waals surface area contributed by atoms with Crippen LogP contribution in [0.15, 0.2) is 30.3 Å². The predicted octanol–water partition coefficient (Wildman–Crippen LogP) is 4.40. The Bertz CT molecular complexity index is 634. The van der Waals surface area contributed by atoms with Gasteiger partial charge in [0.05, 0.1) is 6.04 Å². The van der Waals surface area contributed by atoms with E-state index in [9.17, 15) is 0 Å². The highest BCUT2D eigenvalue weighted by Gasteiger charge is 2.20. The van der Waals surface area contributed by atoms with Crippen LogP contribution in [0.4, 0.5) is 5.82 Å². The summed E-state index contributed by atoms with van der Waals surface area (Å²) in [7, 11) is 0. The first-order valence-corrected chi connectivity index (χ1v) is 7.83. The second kappa shape index (κ2) is 5.84. The normalized spacial score (nSPS) is 17.6. The van der Waals surface area contributed by atoms with E-state index in [-0.39, 0.29) is 0 Å². The zero-order valence-corrected chi connectivity index (χ0v) is 13.1. The van der Waals surface area contributed by atoms with Crippen LogP contribution < -0.4 is 5.32 Å². The summed E-state index contributed by atoms with van der Waals surface area (Å²) in [5.41, 5.74) is 3.92. The topological polar surface area (TPSA) is 37.8 Å². The quantitative estimate of drug-likeness (QED) is 0.906. The van der Waals surface area contributed by atoms with Crippen LogP contribution in [0.25, 0.3) is 0 Å². The molecular formula is C18H23N3. The lowest BCUT2D eigenvalue weighted by Gasteiger charge is -2.27. The largest absolute Gasteiger partial charge is 0.363 e. The smallest absolute Gasteiger partial charge is 0.133 e. The molecule has 1 aromatic carbocycles. The summed E-state index contributed by atoms with van der Waals surface area (Å²) in [6, 6.07) is 11.2. The number of aromatic nitrogens is 2. The van der Waals surface area contributed by atoms with Gasteiger partial charge in [-0.1, -0.05) is 38.1 Å². The fourth-order valence-electron chi connectivity index (χ4n) is 3.01. The molecule has 1 aromatic heterocycles. The number of rotatable bonds is 3. The van der Waals surface area contributed by atoms with Gasteiger partial charge in [-0.05, 0) is 37.3 Å². The summed E-state index contributed by atoms with van der Waals surface area (Å²) in [5.74, 6) is 2.22. The van der Waals surface area contributed by atoms with Crippen molar-refractivity contribution in [3.05, 3.63) is 53.0 Å². The summed E-state index contributed by atoms with van der Waals surface area (Å²) < 4.78 is 0. The minimum Gasteiger partial charge on any atom is -0.363 e. The molecule has 3 heteroatoms. The van der Waals surface area contributed by atoms with Crippen molar-refractivity contribution < 1.29 is 0 Å². The first-order chi connectivity index (χ1) is 10.1. The van der Waals surface area contributed by atoms with Crippen molar-refractivity contribution in [3.63, 3.8) is 0 Å². The van der Waals surface area contributed by atoms with Crippen molar-refractivity contribution >= 4 is 5.82 Å². The zero-order valence-electron chi connectivity index (χ0n) is 13.1. The number of hydrogen-bond donors (Lipinski definition) is 1. The maximum atomic E-state index is 4.68. The molecule has 1 unspecified atom stereocenters. The lowest BCUT2D eigenvalue weighted by Crippen LogP contribution is -2.18. The molecule has 110 valence electrons. The average molecular weight is 281 g/mol. The Hall–Kier alpha value is -1.90. The number of hydrogen-bond acceptors (Lipinski definition) is 3. The second-order valence-electron chi connectivity index (χ2n) is 6.20. The number of anilines is 1. The highest BCUT2D eigenvalue weighted by atomic mass is 15.1. The number of fused-ring (bicyclic) bond motifs is 1. The molecule has 0 saturated heterocycles. The lowest BCUT2D eigenvalue weighted by atomic mass is 9.88. The Kier molecular flexibility index (Phi) is 3.91. The minimum atomic E-state index is 0.351. The molecule has 21 heavy (non-hydrogen) atoms. The van der Waals surface area contributed by atoms with Gasteiger partial charge in [0, 0.05) is 17.7 Å². The van der Waals surface area contributed by atoms with Crippen molar-refractivity contribution in [2.75, 3.05) is 5.32 Å². The van der Waals surface area contributed by atoms with Crippen LogP contribution in [0, 0.1) is 6.92 Å². The first kappa shape index (κ1) is 14.1. The van der Waals surface area contributed by atoms with Gasteiger partial charge in [-0.2, -0.15) is 0 Å². The molecule has 0 radical (unpaired) electrons. The van der Waals surface area contributed by atoms with Crippen molar-refractivity contribution in [1.82, 2.24) is 9.97 Å². The Morgan fingerprint density at radius 3 is 2.81 bits per heavy atom. The van der Waals surface area contributed by atoms with Crippen molar-refractivity contribution in [3.8, 4) is 0 Å². The molecule has 1 aliphatic carbocycles. The molecule has 0 spiro atoms. The van der Waals surface area contributed by atoms with Gasteiger partial charge in [0.2, 0.25) is 0 Å². The molecule has 0 aliphatic heterocycles. The standard InChI is InChI=1S/C18H23N3/c1-12(2)18-19-13(3)11-17(21-18)20-16-10-6-8-14-7-4-5-9-15(14)16/h4-5,7,9,11-12,16H,6,8,10H2,1-3H3,(H,19,20,21). The maximum Gasteiger partial charge on any atom is 0.133 e. The monoisotopic (exact) mass is 281 g/mol. The van der Waals surface area contributed by atoms with Crippen LogP contribution in [0.5, 0.6) is 0 Å². The van der Waals surface area contributed by atoms with Gasteiger partial charge in [0.1, 0.15) is 11.6 Å². The molecule has 1 aliphatic rings. The van der Waals surface area contributed by atoms with E-state index < -0.39 is 0 Å². The number of nitrogens with zero attached hydrogens (tertiary/aromatic N) is 2. The Morgan fingerprint density at radius 1 is 1.19 bits per heavy atom. The summed E-state index contributed by atoms with van der Waals surface area (Å²) in [4.78, 5) is 9.20. The molecule has 3 rings (SSSR count). The lowest BCUT2D eigenvalue weighted by molar-refractivity contribution is 0.597. The van der Waals surface area contributed by atoms with Gasteiger partial charge in [-0.15, -0.1) is 0 Å². The van der Waals surface area contributed by atoms with E-state index in [0.29, 0.717) is 12.0 Å². The van der Waals surface area contributed by atoms with Crippen LogP contribution in [-0.2, 0) is 6.42 Å². The van der Waals surface area contributed by atoms with Crippen LogP contribution in [-0.4, -0.2) is 9.97 Å². The van der Waals surface area contributed by atoms with Crippen LogP contribution in [0.2, 0.25) is 0 Å². The summed E-state index contributed by atoms with van der Waals surface area (Å²) in [6.07, 6.45) is 3.58. The van der Waals surface area contributed by atoms with E-state index in [2.05, 4.69) is 53.4 Å². The molecule has 0 saturated carbocycles. The third-order valence-corrected chi connectivity index (χ3v) is 4.08. The van der Waals surface area contributed by atoms with Crippen LogP contribution >= 0.6 is 0 Å². The number of nitrogens with one attached hydrogen (secondary N) is 1. The van der Waals surface area contributed by atoms with Gasteiger partial charge < -0.3 is 5.32 Å². The molecule has 1 atom stereocenters. The second-order valence-corrected chi connectivity index (χ2v) is 6.20. The fourth-order valence-corrected chi connectivity index (χ4v) is 3.01. The predicted molar refractivity (Wildman–Crippen MR) is 86.6 cm³/mol. The van der Waals surface area contributed by atoms with E-state index in [0.717, 1.165) is 23.8 Å². The van der Waals surface area contributed by atoms with E-state index >= 15 is 0 Å². The zero-order chi connectivity index (χ0) is 14.8. The van der Waals surface area contributed by atoms with Gasteiger partial charge in [-0.25, -0.2) is 9.97 Å². The van der Waals surface area contributed by atoms with E-state index in [1.54, 1.807) is 0 Å². The first-order valence-electron chi connectivity index (χ1n) is 7.83. The average Bonchev–Trinajstić information content (AvgIpc) is 2.47. The minimum absolute atomic E-state index is 0.351. The highest BCUT2D eigenvalue weighted by molar-refractivity contribution is 5.43. The Labute approximate surface area is 126 Å². The van der Waals surface area contributed by atoms with Gasteiger partial charge in [-0.3, -0.25) is 0 Å². The summed E-state index contributed by atoms with van der Waals surface area (Å²) in [5, 5.41) is 3.62. The van der Waals surface area contributed by atoms with E-state index in [1.165, 1.54) is 24.0 Å². The molecule has 0 fully saturated rings. The van der Waals surface area contributed by atoms with E-state index in [1.807, 2.05) is 13.0 Å². The van der Waals surface area contributed by atoms with Crippen LogP contribution in [0.3, 0.4) is 0 Å². The van der Waals surface area contributed by atoms with E-state index in [4.69, 9.17) is 0 Å². The van der Waals surface area contributed by atoms with Gasteiger partial charge >= 0.3 is 0 Å². The highest BCUT2D eigenvalue weighted by Crippen LogP contribution is 2.32. The molecule has 3 nitrogen and oxygen atoms in total. The Balaban J connectivity index is 1.88. The summed E-state index contributed by atoms with van der Waals surface area (Å²) >= 11 is 0. The van der Waals surface area contributed by atoms with Crippen LogP contribution in [0.1, 0.15) is 61.3 Å². The van der Waals surface area contributed by atoms with Gasteiger partial charge in [0.15, 0.2) is 0 Å². The third kappa shape index (κ3) is 3.07. The Morgan fingerprint density at radius 2 is 2.00 bits per heavy atom. The fraction of sp³-hybridized carbons (Fsp3) is 0.444. The molecule has 1 heterocycles. The van der Waals surface area contributed by atoms with Crippen molar-refractivity contribution in [1.29, 1.82) is 0 Å². The molecule has 0 amide bonds. The van der Waals surface area contributed by atoms with Crippen molar-refractivity contribution in [2.24, 2.45) is 0 Å². The molecule has 0 bridgehead atoms. The SMILES string of the molecule is Cc1cc(NC2CCCc3ccccc32)nc(C(C)C)n1. The molecule has 2 aromatic rings. The molecule has 1 N–H and O–H groups in total. The third-order valence-electron chi connectivity index (χ3n) is 4.08.